The van der Waals surface area contributed by atoms with Gasteiger partial charge in [-0.3, -0.25) is 0 Å². The molecular formula is C74H94N8. The first kappa shape index (κ1) is 58.4. The van der Waals surface area contributed by atoms with Gasteiger partial charge >= 0.3 is 0 Å². The molecule has 0 saturated carbocycles. The summed E-state index contributed by atoms with van der Waals surface area (Å²) >= 11 is 0. The van der Waals surface area contributed by atoms with E-state index in [0.29, 0.717) is 0 Å². The Bertz CT molecular complexity index is 3730. The first-order chi connectivity index (χ1) is 39.9. The fourth-order valence-corrected chi connectivity index (χ4v) is 15.3. The van der Waals surface area contributed by atoms with Crippen LogP contribution in [0.25, 0.3) is 88.7 Å². The molecule has 0 spiro atoms. The Balaban J connectivity index is 1.38. The van der Waals surface area contributed by atoms with Gasteiger partial charge in [0.15, 0.2) is 0 Å². The van der Waals surface area contributed by atoms with Crippen molar-refractivity contribution in [3.05, 3.63) is 138 Å². The van der Waals surface area contributed by atoms with Crippen LogP contribution in [0, 0.1) is 0 Å². The Kier molecular flexibility index (Phi) is 17.5. The first-order valence-electron chi connectivity index (χ1n) is 32.4. The minimum absolute atomic E-state index is 0.765. The molecule has 8 heteroatoms. The minimum Gasteiger partial charge on any atom is -0.355 e. The minimum atomic E-state index is 0.765. The second-order valence-corrected chi connectivity index (χ2v) is 22.8. The Labute approximate surface area is 490 Å². The van der Waals surface area contributed by atoms with E-state index in [1.807, 2.05) is 0 Å². The van der Waals surface area contributed by atoms with Gasteiger partial charge in [0, 0.05) is 55.3 Å². The summed E-state index contributed by atoms with van der Waals surface area (Å²) < 4.78 is 0. The largest absolute Gasteiger partial charge is 0.355 e. The van der Waals surface area contributed by atoms with E-state index in [0.717, 1.165) is 161 Å². The highest BCUT2D eigenvalue weighted by molar-refractivity contribution is 5.99. The highest BCUT2D eigenvalue weighted by Gasteiger charge is 2.29. The van der Waals surface area contributed by atoms with Gasteiger partial charge in [0.25, 0.3) is 0 Å². The summed E-state index contributed by atoms with van der Waals surface area (Å²) in [5.41, 5.74) is 42.6. The highest BCUT2D eigenvalue weighted by atomic mass is 14.8. The number of hydrogen-bond donors (Lipinski definition) is 4. The average molecular weight is 1100 g/mol. The SMILES string of the molecule is CCC1=C(CC)c2cc3[nH]c(c(CCc4c5nc(cc6[nH]c(cc7nc(cc8[nH]c4c(CC)c8CC)C(CC)=C7CC)c(CC)c6CC)C(CC)=C5CC)c4nc(cc5[nH]c(cc1n2)c(CC)c5CC)C(CC)=C4CC)c(CC)c3CC. The van der Waals surface area contributed by atoms with Gasteiger partial charge in [-0.2, -0.15) is 0 Å². The van der Waals surface area contributed by atoms with Crippen LogP contribution in [-0.4, -0.2) is 39.9 Å². The molecule has 4 N–H and O–H groups in total. The van der Waals surface area contributed by atoms with E-state index < -0.39 is 0 Å². The van der Waals surface area contributed by atoms with Gasteiger partial charge in [-0.15, -0.1) is 0 Å². The Morgan fingerprint density at radius 1 is 0.220 bits per heavy atom. The van der Waals surface area contributed by atoms with Crippen molar-refractivity contribution in [2.45, 2.75) is 226 Å². The third-order valence-corrected chi connectivity index (χ3v) is 19.0. The molecule has 10 rings (SSSR count). The maximum absolute atomic E-state index is 5.95. The van der Waals surface area contributed by atoms with Crippen LogP contribution in [0.2, 0.25) is 0 Å². The van der Waals surface area contributed by atoms with Gasteiger partial charge < -0.3 is 19.9 Å². The maximum atomic E-state index is 5.95. The summed E-state index contributed by atoms with van der Waals surface area (Å²) in [4.78, 5) is 39.5. The number of hydrogen-bond acceptors (Lipinski definition) is 4. The number of fused-ring (bicyclic) bond motifs is 16. The molecule has 0 fully saturated rings. The van der Waals surface area contributed by atoms with Crippen LogP contribution in [0.4, 0.5) is 0 Å². The van der Waals surface area contributed by atoms with Crippen LogP contribution in [0.5, 0.6) is 0 Å². The standard InChI is InChI=1S/C74H94N8/c1-17-41-45(21-5)63-37-67-49(25-9)53(29-13)71(79-67)57(72-54(30-14)50(26-10)68(80-72)38-64-46(22-6)42(18-2)60(76-64)35-59(41)75-63)33-34-58-73-55(31-15)51(27-11)69(81-73)39-65-47(23-7)43(19-3)61(77-65)36-62-44(20-4)48(24-8)66(78-62)40-70-52(28-12)56(32-16)74(58)82-70/h35-40,75,77,80,82H,17-34H2,1-16H3. The molecule has 8 nitrogen and oxygen atoms in total. The second kappa shape index (κ2) is 24.6. The maximum Gasteiger partial charge on any atom is 0.0725 e. The van der Waals surface area contributed by atoms with Crippen molar-refractivity contribution in [3.8, 4) is 0 Å². The normalized spacial score (nSPS) is 13.8. The zero-order valence-electron chi connectivity index (χ0n) is 53.0. The summed E-state index contributed by atoms with van der Waals surface area (Å²) in [6.07, 6.45) is 16.2. The lowest BCUT2D eigenvalue weighted by molar-refractivity contribution is 0.937. The fraction of sp³-hybridized carbons (Fsp3) is 0.459. The van der Waals surface area contributed by atoms with Gasteiger partial charge in [-0.25, -0.2) is 19.9 Å². The average Bonchev–Trinajstić information content (AvgIpc) is 4.55. The van der Waals surface area contributed by atoms with Crippen molar-refractivity contribution in [2.24, 2.45) is 0 Å². The molecule has 0 aromatic carbocycles. The monoisotopic (exact) mass is 1090 g/mol. The number of rotatable bonds is 19. The van der Waals surface area contributed by atoms with Gasteiger partial charge in [-0.1, -0.05) is 111 Å². The van der Waals surface area contributed by atoms with Crippen molar-refractivity contribution in [1.29, 1.82) is 0 Å². The van der Waals surface area contributed by atoms with Crippen molar-refractivity contribution < 1.29 is 0 Å². The summed E-state index contributed by atoms with van der Waals surface area (Å²) in [5, 5.41) is 0. The third-order valence-electron chi connectivity index (χ3n) is 19.0. The van der Waals surface area contributed by atoms with Gasteiger partial charge in [0.1, 0.15) is 0 Å². The van der Waals surface area contributed by atoms with Crippen LogP contribution < -0.4 is 0 Å². The molecule has 4 aliphatic heterocycles. The summed E-state index contributed by atoms with van der Waals surface area (Å²) in [6, 6.07) is 14.3. The molecule has 0 saturated heterocycles. The zero-order chi connectivity index (χ0) is 58.3. The number of H-pyrrole nitrogens is 4. The van der Waals surface area contributed by atoms with Crippen LogP contribution in [0.3, 0.4) is 0 Å². The van der Waals surface area contributed by atoms with Crippen LogP contribution in [0.15, 0.2) is 36.4 Å². The third kappa shape index (κ3) is 9.71. The Hall–Kier alpha value is -6.80. The second-order valence-electron chi connectivity index (χ2n) is 22.8. The summed E-state index contributed by atoms with van der Waals surface area (Å²) in [6.45, 7) is 37.1. The molecular weight excluding hydrogens is 1000 g/mol. The molecule has 6 aromatic heterocycles. The van der Waals surface area contributed by atoms with E-state index in [4.69, 9.17) is 19.9 Å². The van der Waals surface area contributed by atoms with E-state index in [1.54, 1.807) is 0 Å². The van der Waals surface area contributed by atoms with E-state index in [9.17, 15) is 0 Å². The van der Waals surface area contributed by atoms with Crippen LogP contribution >= 0.6 is 0 Å². The number of nitrogens with zero attached hydrogens (tertiary/aromatic N) is 4. The molecule has 0 unspecified atom stereocenters. The molecule has 430 valence electrons. The van der Waals surface area contributed by atoms with Crippen molar-refractivity contribution in [1.82, 2.24) is 39.9 Å². The molecule has 0 aliphatic carbocycles. The molecule has 6 aromatic rings. The smallest absolute Gasteiger partial charge is 0.0725 e. The molecule has 0 atom stereocenters. The predicted octanol–water partition coefficient (Wildman–Crippen LogP) is 20.2. The van der Waals surface area contributed by atoms with Gasteiger partial charge in [0.2, 0.25) is 0 Å². The molecule has 4 aliphatic rings. The van der Waals surface area contributed by atoms with E-state index in [1.165, 1.54) is 144 Å². The molecule has 16 bridgehead atoms. The number of allylic oxidation sites excluding steroid dienone is 8. The van der Waals surface area contributed by atoms with Gasteiger partial charge in [-0.05, 0) is 241 Å². The van der Waals surface area contributed by atoms with E-state index in [2.05, 4.69) is 167 Å². The van der Waals surface area contributed by atoms with Crippen molar-refractivity contribution in [2.75, 3.05) is 0 Å². The highest BCUT2D eigenvalue weighted by Crippen LogP contribution is 2.44. The van der Waals surface area contributed by atoms with Gasteiger partial charge in [0.05, 0.1) is 45.6 Å². The number of aromatic nitrogens is 8. The molecule has 82 heavy (non-hydrogen) atoms. The lowest BCUT2D eigenvalue weighted by Gasteiger charge is -2.13. The Morgan fingerprint density at radius 2 is 0.427 bits per heavy atom. The lowest BCUT2D eigenvalue weighted by Crippen LogP contribution is -2.03. The molecule has 0 amide bonds. The fourth-order valence-electron chi connectivity index (χ4n) is 15.3. The lowest BCUT2D eigenvalue weighted by atomic mass is 9.91. The number of aryl methyl sites for hydroxylation is 10. The Morgan fingerprint density at radius 3 is 0.659 bits per heavy atom. The first-order valence-corrected chi connectivity index (χ1v) is 32.4. The number of nitrogens with one attached hydrogen (secondary N) is 4. The van der Waals surface area contributed by atoms with Crippen molar-refractivity contribution in [3.63, 3.8) is 0 Å². The number of aromatic amines is 4. The predicted molar refractivity (Wildman–Crippen MR) is 354 cm³/mol. The van der Waals surface area contributed by atoms with E-state index >= 15 is 0 Å². The summed E-state index contributed by atoms with van der Waals surface area (Å²) in [5.74, 6) is 0. The summed E-state index contributed by atoms with van der Waals surface area (Å²) in [7, 11) is 0. The van der Waals surface area contributed by atoms with Crippen LogP contribution in [-0.2, 0) is 64.2 Å². The molecule has 10 heterocycles. The topological polar surface area (TPSA) is 115 Å². The van der Waals surface area contributed by atoms with Crippen LogP contribution in [0.1, 0.15) is 263 Å². The van der Waals surface area contributed by atoms with E-state index in [-0.39, 0.29) is 0 Å². The van der Waals surface area contributed by atoms with Crippen molar-refractivity contribution >= 4 is 88.7 Å². The quantitative estimate of drug-likeness (QED) is 0.0647. The zero-order valence-corrected chi connectivity index (χ0v) is 53.0. The molecule has 0 radical (unpaired) electrons.